The molecule has 0 bridgehead atoms. The smallest absolute Gasteiger partial charge is 0.258 e. The van der Waals surface area contributed by atoms with Gasteiger partial charge in [0.05, 0.1) is 17.4 Å². The van der Waals surface area contributed by atoms with Crippen molar-refractivity contribution in [3.05, 3.63) is 22.7 Å². The molecule has 3 aromatic rings. The molecule has 0 atom stereocenters. The molecule has 3 heterocycles. The molecule has 1 aliphatic rings. The largest absolute Gasteiger partial charge is 0.334 e. The Bertz CT molecular complexity index is 702. The van der Waals surface area contributed by atoms with Crippen LogP contribution in [0.5, 0.6) is 0 Å². The lowest BCUT2D eigenvalue weighted by Gasteiger charge is -1.99. The van der Waals surface area contributed by atoms with Crippen molar-refractivity contribution in [1.29, 1.82) is 0 Å². The molecule has 0 amide bonds. The first-order chi connectivity index (χ1) is 9.90. The van der Waals surface area contributed by atoms with Crippen molar-refractivity contribution >= 4 is 23.1 Å². The first-order valence-electron chi connectivity index (χ1n) is 6.16. The van der Waals surface area contributed by atoms with Gasteiger partial charge in [0.15, 0.2) is 5.82 Å². The summed E-state index contributed by atoms with van der Waals surface area (Å²) in [7, 11) is 0. The second-order valence-corrected chi connectivity index (χ2v) is 6.18. The minimum atomic E-state index is 0.471. The van der Waals surface area contributed by atoms with Crippen LogP contribution in [0.25, 0.3) is 11.5 Å². The first kappa shape index (κ1) is 12.0. The second-order valence-electron chi connectivity index (χ2n) is 4.45. The monoisotopic (exact) mass is 306 g/mol. The third-order valence-electron chi connectivity index (χ3n) is 2.92. The maximum absolute atomic E-state index is 5.24. The fourth-order valence-corrected chi connectivity index (χ4v) is 3.19. The van der Waals surface area contributed by atoms with Crippen LogP contribution in [0.15, 0.2) is 26.5 Å². The number of rotatable bonds is 5. The molecule has 7 nitrogen and oxygen atoms in total. The van der Waals surface area contributed by atoms with Crippen LogP contribution in [0.4, 0.5) is 0 Å². The Labute approximate surface area is 122 Å². The molecule has 0 aliphatic heterocycles. The van der Waals surface area contributed by atoms with Crippen molar-refractivity contribution in [2.45, 2.75) is 29.8 Å². The molecule has 0 unspecified atom stereocenters. The predicted molar refractivity (Wildman–Crippen MR) is 73.3 cm³/mol. The molecule has 1 aliphatic carbocycles. The van der Waals surface area contributed by atoms with Gasteiger partial charge in [-0.2, -0.15) is 16.3 Å². The van der Waals surface area contributed by atoms with Crippen molar-refractivity contribution < 1.29 is 4.52 Å². The highest BCUT2D eigenvalue weighted by Crippen LogP contribution is 2.36. The summed E-state index contributed by atoms with van der Waals surface area (Å²) in [4.78, 5) is 4.37. The van der Waals surface area contributed by atoms with Gasteiger partial charge in [0.25, 0.3) is 5.89 Å². The molecule has 102 valence electrons. The zero-order chi connectivity index (χ0) is 13.4. The van der Waals surface area contributed by atoms with E-state index in [-0.39, 0.29) is 0 Å². The van der Waals surface area contributed by atoms with Gasteiger partial charge in [-0.05, 0) is 34.7 Å². The number of thioether (sulfide) groups is 1. The molecule has 1 fully saturated rings. The van der Waals surface area contributed by atoms with Crippen molar-refractivity contribution in [3.8, 4) is 11.5 Å². The lowest BCUT2D eigenvalue weighted by Crippen LogP contribution is -1.99. The maximum Gasteiger partial charge on any atom is 0.258 e. The number of nitrogens with zero attached hydrogens (tertiary/aromatic N) is 6. The van der Waals surface area contributed by atoms with E-state index in [1.165, 1.54) is 11.8 Å². The van der Waals surface area contributed by atoms with Gasteiger partial charge in [-0.15, -0.1) is 5.10 Å². The predicted octanol–water partition coefficient (Wildman–Crippen LogP) is 2.41. The Morgan fingerprint density at radius 1 is 1.45 bits per heavy atom. The van der Waals surface area contributed by atoms with Crippen molar-refractivity contribution in [1.82, 2.24) is 30.3 Å². The van der Waals surface area contributed by atoms with Crippen LogP contribution in [-0.4, -0.2) is 30.3 Å². The first-order valence-corrected chi connectivity index (χ1v) is 8.09. The topological polar surface area (TPSA) is 82.5 Å². The summed E-state index contributed by atoms with van der Waals surface area (Å²) in [6.45, 7) is 0. The molecular weight excluding hydrogens is 296 g/mol. The van der Waals surface area contributed by atoms with Gasteiger partial charge in [-0.25, -0.2) is 4.68 Å². The van der Waals surface area contributed by atoms with Crippen LogP contribution >= 0.6 is 23.1 Å². The zero-order valence-electron chi connectivity index (χ0n) is 10.3. The number of hydrogen-bond donors (Lipinski definition) is 0. The van der Waals surface area contributed by atoms with Gasteiger partial charge in [-0.3, -0.25) is 0 Å². The number of thiophene rings is 1. The van der Waals surface area contributed by atoms with Gasteiger partial charge in [-0.1, -0.05) is 16.9 Å². The van der Waals surface area contributed by atoms with E-state index in [9.17, 15) is 0 Å². The quantitative estimate of drug-likeness (QED) is 0.669. The van der Waals surface area contributed by atoms with E-state index >= 15 is 0 Å². The molecule has 0 aromatic carbocycles. The highest BCUT2D eigenvalue weighted by atomic mass is 32.2. The standard InChI is InChI=1S/C11H10N6OS2/c1-2-8(1)17-11(13-15-16-17)20-6-9-12-10(18-14-9)7-3-4-19-5-7/h3-5,8H,1-2,6H2. The summed E-state index contributed by atoms with van der Waals surface area (Å²) in [6, 6.07) is 2.43. The third kappa shape index (κ3) is 2.34. The highest BCUT2D eigenvalue weighted by molar-refractivity contribution is 7.98. The molecule has 3 aromatic heterocycles. The Morgan fingerprint density at radius 3 is 3.20 bits per heavy atom. The summed E-state index contributed by atoms with van der Waals surface area (Å²) in [5.74, 6) is 1.81. The van der Waals surface area contributed by atoms with Gasteiger partial charge < -0.3 is 4.52 Å². The minimum Gasteiger partial charge on any atom is -0.334 e. The molecule has 0 saturated heterocycles. The van der Waals surface area contributed by atoms with E-state index in [0.717, 1.165) is 23.6 Å². The zero-order valence-corrected chi connectivity index (χ0v) is 12.0. The van der Waals surface area contributed by atoms with E-state index in [0.29, 0.717) is 23.5 Å². The van der Waals surface area contributed by atoms with E-state index in [2.05, 4.69) is 25.7 Å². The van der Waals surface area contributed by atoms with Crippen LogP contribution in [0.1, 0.15) is 24.7 Å². The third-order valence-corrected chi connectivity index (χ3v) is 4.53. The lowest BCUT2D eigenvalue weighted by molar-refractivity contribution is 0.425. The maximum atomic E-state index is 5.24. The molecule has 0 radical (unpaired) electrons. The Hall–Kier alpha value is -1.74. The summed E-state index contributed by atoms with van der Waals surface area (Å²) in [5.41, 5.74) is 0.960. The van der Waals surface area contributed by atoms with E-state index in [1.807, 2.05) is 21.5 Å². The SMILES string of the molecule is c1cc(-c2nc(CSc3nnnn3C3CC3)no2)cs1. The normalized spacial score (nSPS) is 14.8. The number of aromatic nitrogens is 6. The lowest BCUT2D eigenvalue weighted by atomic mass is 10.3. The molecular formula is C11H10N6OS2. The fraction of sp³-hybridized carbons (Fsp3) is 0.364. The van der Waals surface area contributed by atoms with Crippen LogP contribution in [0.3, 0.4) is 0 Å². The molecule has 0 N–H and O–H groups in total. The van der Waals surface area contributed by atoms with Gasteiger partial charge in [0.1, 0.15) is 0 Å². The number of hydrogen-bond acceptors (Lipinski definition) is 8. The average Bonchev–Trinajstić information content (AvgIpc) is 2.93. The second kappa shape index (κ2) is 4.98. The Kier molecular flexibility index (Phi) is 3.00. The molecule has 9 heteroatoms. The fourth-order valence-electron chi connectivity index (χ4n) is 1.77. The van der Waals surface area contributed by atoms with Crippen LogP contribution < -0.4 is 0 Å². The summed E-state index contributed by atoms with van der Waals surface area (Å²) in [6.07, 6.45) is 2.31. The van der Waals surface area contributed by atoms with E-state index in [4.69, 9.17) is 4.52 Å². The van der Waals surface area contributed by atoms with Crippen LogP contribution in [0.2, 0.25) is 0 Å². The van der Waals surface area contributed by atoms with Crippen molar-refractivity contribution in [2.75, 3.05) is 0 Å². The molecule has 4 rings (SSSR count). The van der Waals surface area contributed by atoms with Gasteiger partial charge in [0.2, 0.25) is 5.16 Å². The Balaban J connectivity index is 1.45. The van der Waals surface area contributed by atoms with E-state index < -0.39 is 0 Å². The highest BCUT2D eigenvalue weighted by Gasteiger charge is 2.28. The molecule has 20 heavy (non-hydrogen) atoms. The average molecular weight is 306 g/mol. The summed E-state index contributed by atoms with van der Waals surface area (Å²) in [5, 5.41) is 20.5. The summed E-state index contributed by atoms with van der Waals surface area (Å²) >= 11 is 3.13. The molecule has 1 saturated carbocycles. The summed E-state index contributed by atoms with van der Waals surface area (Å²) < 4.78 is 7.12. The number of tetrazole rings is 1. The van der Waals surface area contributed by atoms with Crippen LogP contribution in [-0.2, 0) is 5.75 Å². The molecule has 0 spiro atoms. The van der Waals surface area contributed by atoms with Gasteiger partial charge in [0, 0.05) is 5.38 Å². The van der Waals surface area contributed by atoms with Crippen molar-refractivity contribution in [2.24, 2.45) is 0 Å². The van der Waals surface area contributed by atoms with E-state index in [1.54, 1.807) is 11.3 Å². The minimum absolute atomic E-state index is 0.471. The van der Waals surface area contributed by atoms with Crippen molar-refractivity contribution in [3.63, 3.8) is 0 Å². The van der Waals surface area contributed by atoms with Gasteiger partial charge >= 0.3 is 0 Å². The Morgan fingerprint density at radius 2 is 2.40 bits per heavy atom. The van der Waals surface area contributed by atoms with Crippen LogP contribution in [0, 0.1) is 0 Å².